The fraction of sp³-hybridized carbons (Fsp3) is 0.480. The number of carbonyl (C=O) groups excluding carboxylic acids is 1. The number of nitrogens with one attached hydrogen (secondary N) is 1. The summed E-state index contributed by atoms with van der Waals surface area (Å²) in [5.41, 5.74) is 8.94. The van der Waals surface area contributed by atoms with Crippen molar-refractivity contribution in [3.63, 3.8) is 0 Å². The summed E-state index contributed by atoms with van der Waals surface area (Å²) in [4.78, 5) is 29.3. The number of fused-ring (bicyclic) bond motifs is 2. The molecular formula is C25H30Cl2N8O2. The van der Waals surface area contributed by atoms with E-state index in [0.29, 0.717) is 46.5 Å². The van der Waals surface area contributed by atoms with Crippen molar-refractivity contribution in [1.82, 2.24) is 29.1 Å². The average molecular weight is 545 g/mol. The lowest BCUT2D eigenvalue weighted by Crippen LogP contribution is -2.23. The summed E-state index contributed by atoms with van der Waals surface area (Å²) < 4.78 is 9.13. The Hall–Kier alpha value is -3.11. The van der Waals surface area contributed by atoms with Crippen LogP contribution in [0, 0.1) is 5.92 Å². The number of amides is 1. The first-order valence-corrected chi connectivity index (χ1v) is 13.3. The quantitative estimate of drug-likeness (QED) is 0.278. The van der Waals surface area contributed by atoms with Gasteiger partial charge in [0.15, 0.2) is 11.3 Å². The van der Waals surface area contributed by atoms with Crippen LogP contribution in [-0.4, -0.2) is 41.8 Å². The van der Waals surface area contributed by atoms with Crippen molar-refractivity contribution in [2.45, 2.75) is 64.5 Å². The smallest absolute Gasteiger partial charge is 0.413 e. The predicted molar refractivity (Wildman–Crippen MR) is 145 cm³/mol. The van der Waals surface area contributed by atoms with Crippen LogP contribution in [0.4, 0.5) is 16.7 Å². The van der Waals surface area contributed by atoms with Crippen molar-refractivity contribution in [2.75, 3.05) is 17.7 Å². The maximum Gasteiger partial charge on any atom is 0.413 e. The zero-order valence-electron chi connectivity index (χ0n) is 20.8. The van der Waals surface area contributed by atoms with E-state index in [1.807, 2.05) is 35.1 Å². The van der Waals surface area contributed by atoms with Gasteiger partial charge in [0.2, 0.25) is 11.9 Å². The number of carbonyl (C=O) groups is 1. The minimum atomic E-state index is -0.490. The summed E-state index contributed by atoms with van der Waals surface area (Å²) in [6.07, 6.45) is 6.35. The van der Waals surface area contributed by atoms with E-state index in [-0.39, 0.29) is 5.92 Å². The Morgan fingerprint density at radius 2 is 1.49 bits per heavy atom. The van der Waals surface area contributed by atoms with E-state index in [2.05, 4.69) is 25.3 Å². The molecule has 4 heterocycles. The van der Waals surface area contributed by atoms with Crippen LogP contribution in [0.2, 0.25) is 10.3 Å². The first-order chi connectivity index (χ1) is 17.8. The van der Waals surface area contributed by atoms with Crippen LogP contribution >= 0.6 is 23.2 Å². The molecule has 6 rings (SSSR count). The van der Waals surface area contributed by atoms with Gasteiger partial charge < -0.3 is 10.5 Å². The highest BCUT2D eigenvalue weighted by Crippen LogP contribution is 2.37. The number of nitrogens with zero attached hydrogens (tertiary/aromatic N) is 6. The number of hydrogen-bond acceptors (Lipinski definition) is 7. The van der Waals surface area contributed by atoms with E-state index in [4.69, 9.17) is 33.7 Å². The van der Waals surface area contributed by atoms with Crippen molar-refractivity contribution >= 4 is 63.5 Å². The number of hydrogen-bond donors (Lipinski definition) is 2. The average Bonchev–Trinajstić information content (AvgIpc) is 3.28. The van der Waals surface area contributed by atoms with Crippen molar-refractivity contribution in [3.8, 4) is 0 Å². The summed E-state index contributed by atoms with van der Waals surface area (Å²) in [6, 6.07) is 7.86. The van der Waals surface area contributed by atoms with Gasteiger partial charge in [-0.2, -0.15) is 0 Å². The highest BCUT2D eigenvalue weighted by molar-refractivity contribution is 6.30. The summed E-state index contributed by atoms with van der Waals surface area (Å²) in [5, 5.41) is 3.64. The molecule has 2 saturated carbocycles. The van der Waals surface area contributed by atoms with Crippen molar-refractivity contribution in [3.05, 3.63) is 34.6 Å². The van der Waals surface area contributed by atoms with E-state index in [0.717, 1.165) is 42.4 Å². The zero-order valence-corrected chi connectivity index (χ0v) is 22.3. The van der Waals surface area contributed by atoms with Crippen LogP contribution in [0.1, 0.15) is 64.5 Å². The molecule has 0 aliphatic heterocycles. The van der Waals surface area contributed by atoms with Crippen molar-refractivity contribution < 1.29 is 9.53 Å². The molecule has 2 fully saturated rings. The second kappa shape index (κ2) is 10.7. The maximum atomic E-state index is 11.9. The highest BCUT2D eigenvalue weighted by atomic mass is 35.5. The molecule has 196 valence electrons. The van der Waals surface area contributed by atoms with Crippen LogP contribution in [0.5, 0.6) is 0 Å². The topological polar surface area (TPSA) is 126 Å². The Labute approximate surface area is 224 Å². The van der Waals surface area contributed by atoms with Gasteiger partial charge in [-0.25, -0.2) is 24.7 Å². The van der Waals surface area contributed by atoms with E-state index < -0.39 is 6.09 Å². The van der Waals surface area contributed by atoms with Crippen LogP contribution in [0.15, 0.2) is 24.3 Å². The molecule has 0 aromatic carbocycles. The summed E-state index contributed by atoms with van der Waals surface area (Å²) in [6.45, 7) is 4.35. The zero-order chi connectivity index (χ0) is 26.1. The molecule has 0 atom stereocenters. The third-order valence-electron chi connectivity index (χ3n) is 6.68. The summed E-state index contributed by atoms with van der Waals surface area (Å²) >= 11 is 11.9. The number of rotatable bonds is 5. The molecule has 0 bridgehead atoms. The number of aromatic nitrogens is 6. The SMILES string of the molecule is CC(C)COC(=O)Nc1nc2ccc(Cl)nc2n1C1CCC1.Nc1nc2ccc(Cl)nc2n1C1CCC1. The molecule has 1 amide bonds. The molecule has 4 aromatic rings. The molecule has 0 saturated heterocycles. The monoisotopic (exact) mass is 544 g/mol. The van der Waals surface area contributed by atoms with E-state index in [9.17, 15) is 4.79 Å². The van der Waals surface area contributed by atoms with Gasteiger partial charge in [0.1, 0.15) is 21.3 Å². The first-order valence-electron chi connectivity index (χ1n) is 12.6. The normalized spacial score (nSPS) is 15.8. The third-order valence-corrected chi connectivity index (χ3v) is 7.10. The lowest BCUT2D eigenvalue weighted by atomic mass is 9.93. The fourth-order valence-electron chi connectivity index (χ4n) is 4.37. The Balaban J connectivity index is 0.000000162. The van der Waals surface area contributed by atoms with Gasteiger partial charge in [0, 0.05) is 12.1 Å². The molecule has 37 heavy (non-hydrogen) atoms. The molecule has 0 spiro atoms. The number of nitrogen functional groups attached to an aromatic ring is 1. The van der Waals surface area contributed by atoms with Crippen LogP contribution in [-0.2, 0) is 4.74 Å². The Kier molecular flexibility index (Phi) is 7.39. The minimum absolute atomic E-state index is 0.289. The van der Waals surface area contributed by atoms with Gasteiger partial charge in [-0.1, -0.05) is 37.0 Å². The lowest BCUT2D eigenvalue weighted by Gasteiger charge is -2.28. The van der Waals surface area contributed by atoms with Gasteiger partial charge >= 0.3 is 6.09 Å². The standard InChI is InChI=1S/C15H19ClN4O2.C10H11ClN4/c1-9(2)8-22-15(21)19-14-17-11-6-7-12(16)18-13(11)20(14)10-4-3-5-10;11-8-5-4-7-9(14-8)15(10(12)13-7)6-2-1-3-6/h6-7,9-10H,3-5,8H2,1-2H3,(H,17,19,21);4-6H,1-3H2,(H2,12,13). The highest BCUT2D eigenvalue weighted by Gasteiger charge is 2.27. The van der Waals surface area contributed by atoms with E-state index in [1.54, 1.807) is 12.1 Å². The number of nitrogens with two attached hydrogens (primary N) is 1. The number of pyridine rings is 2. The van der Waals surface area contributed by atoms with Gasteiger partial charge in [-0.15, -0.1) is 0 Å². The van der Waals surface area contributed by atoms with Gasteiger partial charge in [-0.05, 0) is 68.7 Å². The third kappa shape index (κ3) is 5.45. The Morgan fingerprint density at radius 3 is 2.03 bits per heavy atom. The number of halogens is 2. The number of ether oxygens (including phenoxy) is 1. The number of imidazole rings is 2. The molecule has 0 radical (unpaired) electrons. The van der Waals surface area contributed by atoms with Gasteiger partial charge in [0.05, 0.1) is 6.61 Å². The van der Waals surface area contributed by atoms with Crippen LogP contribution in [0.3, 0.4) is 0 Å². The molecule has 3 N–H and O–H groups in total. The maximum absolute atomic E-state index is 11.9. The number of anilines is 2. The molecule has 12 heteroatoms. The molecule has 0 unspecified atom stereocenters. The molecule has 2 aliphatic rings. The first kappa shape index (κ1) is 25.5. The molecule has 4 aromatic heterocycles. The predicted octanol–water partition coefficient (Wildman–Crippen LogP) is 6.41. The summed E-state index contributed by atoms with van der Waals surface area (Å²) in [5.74, 6) is 1.31. The summed E-state index contributed by atoms with van der Waals surface area (Å²) in [7, 11) is 0. The van der Waals surface area contributed by atoms with Gasteiger partial charge in [0.25, 0.3) is 0 Å². The van der Waals surface area contributed by atoms with Crippen molar-refractivity contribution in [2.24, 2.45) is 5.92 Å². The van der Waals surface area contributed by atoms with E-state index >= 15 is 0 Å². The van der Waals surface area contributed by atoms with E-state index in [1.165, 1.54) is 12.8 Å². The Morgan fingerprint density at radius 1 is 0.946 bits per heavy atom. The second-order valence-electron chi connectivity index (χ2n) is 9.89. The van der Waals surface area contributed by atoms with Gasteiger partial charge in [-0.3, -0.25) is 14.5 Å². The second-order valence-corrected chi connectivity index (χ2v) is 10.7. The Bertz CT molecular complexity index is 1430. The molecular weight excluding hydrogens is 515 g/mol. The molecule has 2 aliphatic carbocycles. The molecule has 10 nitrogen and oxygen atoms in total. The lowest BCUT2D eigenvalue weighted by molar-refractivity contribution is 0.147. The fourth-order valence-corrected chi connectivity index (χ4v) is 4.66. The van der Waals surface area contributed by atoms with Crippen molar-refractivity contribution in [1.29, 1.82) is 0 Å². The minimum Gasteiger partial charge on any atom is -0.449 e. The largest absolute Gasteiger partial charge is 0.449 e. The van der Waals surface area contributed by atoms with Crippen LogP contribution < -0.4 is 11.1 Å². The van der Waals surface area contributed by atoms with Crippen LogP contribution in [0.25, 0.3) is 22.3 Å².